The number of carbonyl (C=O) groups is 4. The number of fused-ring (bicyclic) bond motifs is 1. The van der Waals surface area contributed by atoms with Crippen molar-refractivity contribution in [3.63, 3.8) is 0 Å². The van der Waals surface area contributed by atoms with Gasteiger partial charge in [0, 0.05) is 31.7 Å². The van der Waals surface area contributed by atoms with E-state index in [1.54, 1.807) is 17.1 Å². The normalized spacial score (nSPS) is 24.8. The molecule has 1 aromatic rings. The Morgan fingerprint density at radius 3 is 2.44 bits per heavy atom. The predicted molar refractivity (Wildman–Crippen MR) is 193 cm³/mol. The highest BCUT2D eigenvalue weighted by atomic mass is 16.5. The van der Waals surface area contributed by atoms with E-state index >= 15 is 0 Å². The minimum absolute atomic E-state index is 0.0613. The maximum Gasteiger partial charge on any atom is 0.306 e. The van der Waals surface area contributed by atoms with Gasteiger partial charge in [0.25, 0.3) is 0 Å². The van der Waals surface area contributed by atoms with Crippen molar-refractivity contribution in [2.75, 3.05) is 26.3 Å². The summed E-state index contributed by atoms with van der Waals surface area (Å²) in [7, 11) is 0. The Kier molecular flexibility index (Phi) is 13.1. The van der Waals surface area contributed by atoms with Crippen LogP contribution in [0.25, 0.3) is 0 Å². The number of carbonyl (C=O) groups excluding carboxylic acids is 4. The summed E-state index contributed by atoms with van der Waals surface area (Å²) in [5, 5.41) is 12.4. The number of ether oxygens (including phenoxy) is 2. The Labute approximate surface area is 298 Å². The van der Waals surface area contributed by atoms with Crippen molar-refractivity contribution in [3.8, 4) is 0 Å². The van der Waals surface area contributed by atoms with E-state index in [-0.39, 0.29) is 48.7 Å². The molecule has 3 aliphatic rings. The van der Waals surface area contributed by atoms with Gasteiger partial charge in [0.05, 0.1) is 24.0 Å². The van der Waals surface area contributed by atoms with Gasteiger partial charge in [-0.1, -0.05) is 76.1 Å². The van der Waals surface area contributed by atoms with Crippen LogP contribution >= 0.6 is 0 Å². The molecular weight excluding hydrogens is 634 g/mol. The molecule has 2 bridgehead atoms. The van der Waals surface area contributed by atoms with Gasteiger partial charge >= 0.3 is 5.97 Å². The van der Waals surface area contributed by atoms with Crippen molar-refractivity contribution in [2.45, 2.75) is 122 Å². The highest BCUT2D eigenvalue weighted by Gasteiger charge is 2.74. The lowest BCUT2D eigenvalue weighted by Crippen LogP contribution is -2.61. The molecule has 10 nitrogen and oxygen atoms in total. The van der Waals surface area contributed by atoms with Crippen LogP contribution in [0, 0.1) is 17.3 Å². The molecule has 10 heteroatoms. The standard InChI is InChI=1S/C40H59N3O7/c1-8-10-20-31(45)49-26-29(28-18-14-13-15-19-28)41-35(46)32-30-21-22-40(50-30)33(32)36(47)42(24-16-11-12-17-25-44)34(40)37(48)43(23-9-2)39(6,7)27-38(3,4)5/h8-9,13-15,18-19,29-30,32-34,44H,1-2,10-12,16-17,20-27H2,3-7H3,(H,41,46)/t29-,30+,32-,33-,34+,40-/m0/s1. The van der Waals surface area contributed by atoms with Crippen LogP contribution in [0.5, 0.6) is 0 Å². The topological polar surface area (TPSA) is 125 Å². The summed E-state index contributed by atoms with van der Waals surface area (Å²) in [6.45, 7) is 18.9. The van der Waals surface area contributed by atoms with E-state index in [2.05, 4.69) is 53.1 Å². The van der Waals surface area contributed by atoms with Crippen LogP contribution in [-0.4, -0.2) is 88.2 Å². The number of aliphatic hydroxyl groups excluding tert-OH is 1. The maximum atomic E-state index is 15.0. The van der Waals surface area contributed by atoms with Crippen LogP contribution in [0.3, 0.4) is 0 Å². The Bertz CT molecular complexity index is 1370. The molecule has 3 aliphatic heterocycles. The van der Waals surface area contributed by atoms with Gasteiger partial charge in [0.15, 0.2) is 0 Å². The first-order valence-electron chi connectivity index (χ1n) is 18.3. The first kappa shape index (κ1) is 39.3. The average molecular weight is 694 g/mol. The molecule has 3 amide bonds. The lowest BCUT2D eigenvalue weighted by Gasteiger charge is -2.45. The molecule has 3 fully saturated rings. The van der Waals surface area contributed by atoms with Crippen LogP contribution < -0.4 is 5.32 Å². The summed E-state index contributed by atoms with van der Waals surface area (Å²) in [5.74, 6) is -2.77. The highest BCUT2D eigenvalue weighted by Crippen LogP contribution is 2.59. The molecule has 4 rings (SSSR count). The minimum atomic E-state index is -1.14. The first-order valence-corrected chi connectivity index (χ1v) is 18.3. The lowest BCUT2D eigenvalue weighted by molar-refractivity contribution is -0.153. The fourth-order valence-corrected chi connectivity index (χ4v) is 8.67. The summed E-state index contributed by atoms with van der Waals surface area (Å²) in [6.07, 6.45) is 8.27. The van der Waals surface area contributed by atoms with Crippen LogP contribution in [0.1, 0.15) is 104 Å². The molecule has 3 heterocycles. The molecule has 50 heavy (non-hydrogen) atoms. The van der Waals surface area contributed by atoms with Crippen LogP contribution in [0.15, 0.2) is 55.6 Å². The van der Waals surface area contributed by atoms with Gasteiger partial charge in [-0.15, -0.1) is 13.2 Å². The number of hydrogen-bond acceptors (Lipinski definition) is 7. The zero-order chi connectivity index (χ0) is 36.7. The quantitative estimate of drug-likeness (QED) is 0.111. The molecule has 276 valence electrons. The molecule has 0 aliphatic carbocycles. The second kappa shape index (κ2) is 16.7. The SMILES string of the molecule is C=CCCC(=O)OC[C@H](NC(=O)[C@@H]1[C@H]2C(=O)N(CCCCCCO)[C@H](C(=O)N(CC=C)C(C)(C)CC(C)(C)C)[C@]23CC[C@H]1O3)c1ccccc1. The van der Waals surface area contributed by atoms with Gasteiger partial charge in [-0.2, -0.15) is 0 Å². The number of unbranched alkanes of at least 4 members (excludes halogenated alkanes) is 3. The monoisotopic (exact) mass is 693 g/mol. The average Bonchev–Trinajstić information content (AvgIpc) is 3.70. The number of esters is 1. The zero-order valence-corrected chi connectivity index (χ0v) is 30.8. The number of likely N-dealkylation sites (tertiary alicyclic amines) is 1. The van der Waals surface area contributed by atoms with Gasteiger partial charge in [-0.05, 0) is 63.4 Å². The number of aliphatic hydroxyl groups is 1. The molecule has 1 spiro atoms. The van der Waals surface area contributed by atoms with Crippen molar-refractivity contribution >= 4 is 23.7 Å². The van der Waals surface area contributed by atoms with Gasteiger partial charge in [-0.25, -0.2) is 0 Å². The van der Waals surface area contributed by atoms with E-state index in [4.69, 9.17) is 9.47 Å². The second-order valence-electron chi connectivity index (χ2n) is 16.0. The third kappa shape index (κ3) is 8.68. The molecule has 0 aromatic heterocycles. The molecule has 0 saturated carbocycles. The summed E-state index contributed by atoms with van der Waals surface area (Å²) >= 11 is 0. The molecule has 3 saturated heterocycles. The zero-order valence-electron chi connectivity index (χ0n) is 30.8. The van der Waals surface area contributed by atoms with Gasteiger partial charge in [0.1, 0.15) is 18.2 Å². The third-order valence-electron chi connectivity index (χ3n) is 10.4. The Morgan fingerprint density at radius 1 is 1.10 bits per heavy atom. The first-order chi connectivity index (χ1) is 23.7. The summed E-state index contributed by atoms with van der Waals surface area (Å²) in [4.78, 5) is 59.8. The molecule has 0 unspecified atom stereocenters. The van der Waals surface area contributed by atoms with E-state index < -0.39 is 41.2 Å². The van der Waals surface area contributed by atoms with Crippen molar-refractivity contribution in [2.24, 2.45) is 17.3 Å². The van der Waals surface area contributed by atoms with Gasteiger partial charge in [0.2, 0.25) is 17.7 Å². The van der Waals surface area contributed by atoms with Crippen molar-refractivity contribution in [3.05, 3.63) is 61.2 Å². The smallest absolute Gasteiger partial charge is 0.306 e. The number of allylic oxidation sites excluding steroid dienone is 1. The number of nitrogens with one attached hydrogen (secondary N) is 1. The number of hydrogen-bond donors (Lipinski definition) is 2. The minimum Gasteiger partial charge on any atom is -0.463 e. The number of rotatable bonds is 19. The van der Waals surface area contributed by atoms with Crippen LogP contribution in [0.2, 0.25) is 0 Å². The Balaban J connectivity index is 1.66. The molecule has 1 aromatic carbocycles. The number of nitrogens with zero attached hydrogens (tertiary/aromatic N) is 2. The number of amides is 3. The van der Waals surface area contributed by atoms with E-state index in [9.17, 15) is 24.3 Å². The fourth-order valence-electron chi connectivity index (χ4n) is 8.67. The van der Waals surface area contributed by atoms with Crippen LogP contribution in [0.4, 0.5) is 0 Å². The highest BCUT2D eigenvalue weighted by molar-refractivity contribution is 5.99. The van der Waals surface area contributed by atoms with E-state index in [0.717, 1.165) is 24.8 Å². The molecular formula is C40H59N3O7. The summed E-state index contributed by atoms with van der Waals surface area (Å²) in [6, 6.07) is 7.80. The Hall–Kier alpha value is -3.50. The van der Waals surface area contributed by atoms with Crippen molar-refractivity contribution in [1.82, 2.24) is 15.1 Å². The lowest BCUT2D eigenvalue weighted by atomic mass is 9.70. The van der Waals surface area contributed by atoms with Crippen LogP contribution in [-0.2, 0) is 28.7 Å². The summed E-state index contributed by atoms with van der Waals surface area (Å²) in [5.41, 5.74) is -0.980. The second-order valence-corrected chi connectivity index (χ2v) is 16.0. The number of benzene rings is 1. The van der Waals surface area contributed by atoms with Gasteiger partial charge in [-0.3, -0.25) is 19.2 Å². The molecule has 0 radical (unpaired) electrons. The van der Waals surface area contributed by atoms with Crippen molar-refractivity contribution in [1.29, 1.82) is 0 Å². The molecule has 2 N–H and O–H groups in total. The Morgan fingerprint density at radius 2 is 1.80 bits per heavy atom. The summed E-state index contributed by atoms with van der Waals surface area (Å²) < 4.78 is 12.3. The van der Waals surface area contributed by atoms with E-state index in [0.29, 0.717) is 45.2 Å². The van der Waals surface area contributed by atoms with Crippen molar-refractivity contribution < 1.29 is 33.8 Å². The molecule has 6 atom stereocenters. The van der Waals surface area contributed by atoms with Gasteiger partial charge < -0.3 is 29.7 Å². The van der Waals surface area contributed by atoms with E-state index in [1.807, 2.05) is 35.2 Å². The largest absolute Gasteiger partial charge is 0.463 e. The maximum absolute atomic E-state index is 15.0. The fraction of sp³-hybridized carbons (Fsp3) is 0.650. The third-order valence-corrected chi connectivity index (χ3v) is 10.4. The van der Waals surface area contributed by atoms with E-state index in [1.165, 1.54) is 0 Å². The predicted octanol–water partition coefficient (Wildman–Crippen LogP) is 5.51.